The fraction of sp³-hybridized carbons (Fsp3) is 0.300. The summed E-state index contributed by atoms with van der Waals surface area (Å²) in [5.74, 6) is -0.405. The first kappa shape index (κ1) is 12.9. The van der Waals surface area contributed by atoms with E-state index < -0.39 is 0 Å². The van der Waals surface area contributed by atoms with Crippen molar-refractivity contribution >= 4 is 44.4 Å². The fourth-order valence-electron chi connectivity index (χ4n) is 1.10. The van der Waals surface area contributed by atoms with Crippen molar-refractivity contribution in [2.24, 2.45) is 0 Å². The van der Waals surface area contributed by atoms with Crippen LogP contribution in [0.15, 0.2) is 18.2 Å². The molecule has 0 unspecified atom stereocenters. The Balaban J connectivity index is 2.91. The molecule has 0 saturated heterocycles. The maximum absolute atomic E-state index is 12.8. The van der Waals surface area contributed by atoms with Crippen LogP contribution in [0.5, 0.6) is 0 Å². The minimum Gasteiger partial charge on any atom is -0.341 e. The first-order chi connectivity index (χ1) is 7.06. The number of halogens is 3. The highest BCUT2D eigenvalue weighted by Gasteiger charge is 2.14. The first-order valence-corrected chi connectivity index (χ1v) is 6.52. The summed E-state index contributed by atoms with van der Waals surface area (Å²) in [5, 5.41) is 0.729. The molecule has 0 aliphatic rings. The molecule has 0 radical (unpaired) electrons. The average molecular weight is 386 g/mol. The van der Waals surface area contributed by atoms with E-state index in [9.17, 15) is 9.18 Å². The molecular formula is C10H10BrFINO. The molecule has 0 N–H and O–H groups in total. The fourth-order valence-corrected chi connectivity index (χ4v) is 2.34. The van der Waals surface area contributed by atoms with Gasteiger partial charge in [0.25, 0.3) is 5.91 Å². The van der Waals surface area contributed by atoms with E-state index in [-0.39, 0.29) is 11.7 Å². The molecular weight excluding hydrogens is 376 g/mol. The number of hydrogen-bond acceptors (Lipinski definition) is 1. The number of amides is 1. The Morgan fingerprint density at radius 2 is 2.27 bits per heavy atom. The third-order valence-electron chi connectivity index (χ3n) is 1.93. The highest BCUT2D eigenvalue weighted by atomic mass is 127. The molecule has 82 valence electrons. The van der Waals surface area contributed by atoms with Crippen molar-refractivity contribution in [1.29, 1.82) is 0 Å². The lowest BCUT2D eigenvalue weighted by atomic mass is 10.2. The van der Waals surface area contributed by atoms with Gasteiger partial charge in [0.05, 0.1) is 5.56 Å². The van der Waals surface area contributed by atoms with Crippen molar-refractivity contribution in [3.63, 3.8) is 0 Å². The van der Waals surface area contributed by atoms with Gasteiger partial charge in [-0.15, -0.1) is 0 Å². The largest absolute Gasteiger partial charge is 0.341 e. The standard InChI is InChI=1S/C10H10BrFINO/c1-14(5-4-11)10(15)8-3-2-7(12)6-9(8)13/h2-3,6H,4-5H2,1H3. The summed E-state index contributed by atoms with van der Waals surface area (Å²) in [5.41, 5.74) is 0.542. The van der Waals surface area contributed by atoms with Crippen molar-refractivity contribution in [3.05, 3.63) is 33.1 Å². The van der Waals surface area contributed by atoms with Gasteiger partial charge in [-0.25, -0.2) is 4.39 Å². The van der Waals surface area contributed by atoms with E-state index in [1.165, 1.54) is 18.2 Å². The number of carbonyl (C=O) groups is 1. The number of benzene rings is 1. The van der Waals surface area contributed by atoms with Gasteiger partial charge in [0.15, 0.2) is 0 Å². The van der Waals surface area contributed by atoms with Gasteiger partial charge in [-0.05, 0) is 40.8 Å². The smallest absolute Gasteiger partial charge is 0.254 e. The molecule has 0 aliphatic carbocycles. The van der Waals surface area contributed by atoms with Gasteiger partial charge in [-0.2, -0.15) is 0 Å². The lowest BCUT2D eigenvalue weighted by Crippen LogP contribution is -2.29. The number of alkyl halides is 1. The molecule has 0 fully saturated rings. The predicted octanol–water partition coefficient (Wildman–Crippen LogP) is 2.90. The van der Waals surface area contributed by atoms with Crippen LogP contribution in [0.4, 0.5) is 4.39 Å². The molecule has 1 aromatic rings. The Hall–Kier alpha value is -0.170. The van der Waals surface area contributed by atoms with Crippen LogP contribution < -0.4 is 0 Å². The monoisotopic (exact) mass is 385 g/mol. The van der Waals surface area contributed by atoms with Crippen LogP contribution in [0.2, 0.25) is 0 Å². The van der Waals surface area contributed by atoms with Gasteiger partial charge in [-0.3, -0.25) is 4.79 Å². The van der Waals surface area contributed by atoms with Crippen molar-refractivity contribution < 1.29 is 9.18 Å². The lowest BCUT2D eigenvalue weighted by Gasteiger charge is -2.16. The molecule has 0 spiro atoms. The van der Waals surface area contributed by atoms with Crippen LogP contribution in [0, 0.1) is 9.39 Å². The van der Waals surface area contributed by atoms with Gasteiger partial charge in [-0.1, -0.05) is 15.9 Å². The molecule has 0 bridgehead atoms. The van der Waals surface area contributed by atoms with E-state index in [1.54, 1.807) is 11.9 Å². The minimum absolute atomic E-state index is 0.0844. The van der Waals surface area contributed by atoms with Crippen LogP contribution in [-0.4, -0.2) is 29.7 Å². The van der Waals surface area contributed by atoms with E-state index in [4.69, 9.17) is 0 Å². The Labute approximate surface area is 110 Å². The molecule has 0 saturated carbocycles. The molecule has 0 aromatic heterocycles. The molecule has 15 heavy (non-hydrogen) atoms. The summed E-state index contributed by atoms with van der Waals surface area (Å²) in [7, 11) is 1.73. The molecule has 0 aliphatic heterocycles. The predicted molar refractivity (Wildman–Crippen MR) is 69.9 cm³/mol. The molecule has 1 rings (SSSR count). The average Bonchev–Trinajstić information content (AvgIpc) is 2.17. The maximum Gasteiger partial charge on any atom is 0.254 e. The summed E-state index contributed by atoms with van der Waals surface area (Å²) in [4.78, 5) is 13.4. The van der Waals surface area contributed by atoms with Gasteiger partial charge in [0, 0.05) is 22.5 Å². The Kier molecular flexibility index (Phi) is 4.98. The Bertz CT molecular complexity index is 372. The number of rotatable bonds is 3. The zero-order valence-corrected chi connectivity index (χ0v) is 11.9. The van der Waals surface area contributed by atoms with Gasteiger partial charge in [0.1, 0.15) is 5.82 Å². The zero-order chi connectivity index (χ0) is 11.4. The van der Waals surface area contributed by atoms with Crippen molar-refractivity contribution in [2.45, 2.75) is 0 Å². The third-order valence-corrected chi connectivity index (χ3v) is 3.18. The molecule has 0 atom stereocenters. The van der Waals surface area contributed by atoms with Gasteiger partial charge in [0.2, 0.25) is 0 Å². The van der Waals surface area contributed by atoms with E-state index >= 15 is 0 Å². The number of hydrogen-bond donors (Lipinski definition) is 0. The van der Waals surface area contributed by atoms with Gasteiger partial charge >= 0.3 is 0 Å². The van der Waals surface area contributed by atoms with Crippen LogP contribution in [0.25, 0.3) is 0 Å². The molecule has 1 aromatic carbocycles. The Morgan fingerprint density at radius 1 is 1.60 bits per heavy atom. The van der Waals surface area contributed by atoms with E-state index in [0.29, 0.717) is 15.7 Å². The summed E-state index contributed by atoms with van der Waals surface area (Å²) in [6.45, 7) is 0.631. The third kappa shape index (κ3) is 3.41. The summed E-state index contributed by atoms with van der Waals surface area (Å²) in [6, 6.07) is 4.18. The highest BCUT2D eigenvalue weighted by molar-refractivity contribution is 14.1. The van der Waals surface area contributed by atoms with Gasteiger partial charge < -0.3 is 4.90 Å². The topological polar surface area (TPSA) is 20.3 Å². The second-order valence-electron chi connectivity index (χ2n) is 3.04. The van der Waals surface area contributed by atoms with Crippen molar-refractivity contribution in [2.75, 3.05) is 18.9 Å². The quantitative estimate of drug-likeness (QED) is 0.578. The number of nitrogens with zero attached hydrogens (tertiary/aromatic N) is 1. The van der Waals surface area contributed by atoms with E-state index in [1.807, 2.05) is 22.6 Å². The highest BCUT2D eigenvalue weighted by Crippen LogP contribution is 2.15. The molecule has 5 heteroatoms. The molecule has 1 amide bonds. The number of carbonyl (C=O) groups excluding carboxylic acids is 1. The minimum atomic E-state index is -0.320. The summed E-state index contributed by atoms with van der Waals surface area (Å²) in [6.07, 6.45) is 0. The zero-order valence-electron chi connectivity index (χ0n) is 8.14. The second-order valence-corrected chi connectivity index (χ2v) is 5.00. The first-order valence-electron chi connectivity index (χ1n) is 4.32. The van der Waals surface area contributed by atoms with Crippen LogP contribution in [0.3, 0.4) is 0 Å². The van der Waals surface area contributed by atoms with E-state index in [0.717, 1.165) is 5.33 Å². The van der Waals surface area contributed by atoms with E-state index in [2.05, 4.69) is 15.9 Å². The summed E-state index contributed by atoms with van der Waals surface area (Å²) < 4.78 is 13.5. The van der Waals surface area contributed by atoms with Crippen molar-refractivity contribution in [3.8, 4) is 0 Å². The second kappa shape index (κ2) is 5.79. The van der Waals surface area contributed by atoms with Crippen LogP contribution >= 0.6 is 38.5 Å². The van der Waals surface area contributed by atoms with Crippen LogP contribution in [0.1, 0.15) is 10.4 Å². The van der Waals surface area contributed by atoms with Crippen molar-refractivity contribution in [1.82, 2.24) is 4.90 Å². The SMILES string of the molecule is CN(CCBr)C(=O)c1ccc(F)cc1I. The summed E-state index contributed by atoms with van der Waals surface area (Å²) >= 11 is 5.23. The molecule has 2 nitrogen and oxygen atoms in total. The normalized spacial score (nSPS) is 10.1. The van der Waals surface area contributed by atoms with Crippen LogP contribution in [-0.2, 0) is 0 Å². The maximum atomic E-state index is 12.8. The lowest BCUT2D eigenvalue weighted by molar-refractivity contribution is 0.0803. The molecule has 0 heterocycles. The Morgan fingerprint density at radius 3 is 2.80 bits per heavy atom.